The second-order valence-corrected chi connectivity index (χ2v) is 5.87. The first-order chi connectivity index (χ1) is 13.0. The molecule has 0 bridgehead atoms. The number of terminal acetylenes is 1. The predicted octanol–water partition coefficient (Wildman–Crippen LogP) is 1.85. The van der Waals surface area contributed by atoms with E-state index >= 15 is 0 Å². The van der Waals surface area contributed by atoms with E-state index in [1.54, 1.807) is 36.4 Å². The molecule has 0 atom stereocenters. The van der Waals surface area contributed by atoms with E-state index in [4.69, 9.17) is 6.42 Å². The van der Waals surface area contributed by atoms with Crippen LogP contribution in [0.5, 0.6) is 0 Å². The van der Waals surface area contributed by atoms with Gasteiger partial charge in [0, 0.05) is 29.8 Å². The van der Waals surface area contributed by atoms with Crippen molar-refractivity contribution in [3.8, 4) is 12.3 Å². The lowest BCUT2D eigenvalue weighted by molar-refractivity contribution is -0.124. The number of aryl methyl sites for hydroxylation is 1. The van der Waals surface area contributed by atoms with Crippen LogP contribution in [0.4, 0.5) is 5.69 Å². The van der Waals surface area contributed by atoms with Gasteiger partial charge >= 0.3 is 0 Å². The van der Waals surface area contributed by atoms with E-state index in [9.17, 15) is 14.4 Å². The fourth-order valence-electron chi connectivity index (χ4n) is 2.37. The first-order valence-electron chi connectivity index (χ1n) is 8.46. The number of hydrogen-bond donors (Lipinski definition) is 3. The zero-order valence-corrected chi connectivity index (χ0v) is 15.0. The third-order valence-electron chi connectivity index (χ3n) is 3.79. The Bertz CT molecular complexity index is 884. The van der Waals surface area contributed by atoms with Crippen LogP contribution in [0.1, 0.15) is 27.9 Å². The molecule has 0 aliphatic rings. The third kappa shape index (κ3) is 6.33. The van der Waals surface area contributed by atoms with Crippen molar-refractivity contribution in [3.63, 3.8) is 0 Å². The number of carbonyl (C=O) groups is 3. The molecule has 0 spiro atoms. The molecule has 2 aromatic rings. The van der Waals surface area contributed by atoms with E-state index in [-0.39, 0.29) is 37.2 Å². The Kier molecular flexibility index (Phi) is 7.15. The molecule has 2 rings (SSSR count). The Morgan fingerprint density at radius 1 is 1.00 bits per heavy atom. The van der Waals surface area contributed by atoms with E-state index in [1.165, 1.54) is 0 Å². The molecule has 0 fully saturated rings. The number of benzene rings is 2. The second kappa shape index (κ2) is 9.78. The minimum atomic E-state index is -0.360. The lowest BCUT2D eigenvalue weighted by Gasteiger charge is -2.09. The summed E-state index contributed by atoms with van der Waals surface area (Å²) >= 11 is 0. The topological polar surface area (TPSA) is 87.3 Å². The van der Waals surface area contributed by atoms with Crippen molar-refractivity contribution in [3.05, 3.63) is 65.2 Å². The first kappa shape index (κ1) is 19.7. The zero-order chi connectivity index (χ0) is 19.6. The van der Waals surface area contributed by atoms with Crippen molar-refractivity contribution >= 4 is 23.4 Å². The predicted molar refractivity (Wildman–Crippen MR) is 104 cm³/mol. The molecule has 0 aliphatic heterocycles. The van der Waals surface area contributed by atoms with Gasteiger partial charge in [-0.05, 0) is 36.8 Å². The van der Waals surface area contributed by atoms with Crippen LogP contribution in [0.3, 0.4) is 0 Å². The van der Waals surface area contributed by atoms with E-state index in [1.807, 2.05) is 19.1 Å². The highest BCUT2D eigenvalue weighted by Crippen LogP contribution is 2.09. The van der Waals surface area contributed by atoms with Gasteiger partial charge in [-0.15, -0.1) is 6.42 Å². The fourth-order valence-corrected chi connectivity index (χ4v) is 2.37. The van der Waals surface area contributed by atoms with Gasteiger partial charge in [0.2, 0.25) is 11.8 Å². The van der Waals surface area contributed by atoms with Crippen LogP contribution in [0, 0.1) is 19.3 Å². The van der Waals surface area contributed by atoms with Crippen LogP contribution in [0.2, 0.25) is 0 Å². The summed E-state index contributed by atoms with van der Waals surface area (Å²) in [5, 5.41) is 7.86. The van der Waals surface area contributed by atoms with Gasteiger partial charge in [0.1, 0.15) is 0 Å². The fraction of sp³-hybridized carbons (Fsp3) is 0.190. The van der Waals surface area contributed by atoms with Gasteiger partial charge in [-0.1, -0.05) is 30.2 Å². The molecule has 0 radical (unpaired) electrons. The summed E-state index contributed by atoms with van der Waals surface area (Å²) in [4.78, 5) is 35.7. The van der Waals surface area contributed by atoms with Crippen molar-refractivity contribution < 1.29 is 14.4 Å². The zero-order valence-electron chi connectivity index (χ0n) is 15.0. The number of hydrogen-bond acceptors (Lipinski definition) is 3. The van der Waals surface area contributed by atoms with Crippen LogP contribution in [0.15, 0.2) is 48.5 Å². The molecular formula is C21H21N3O3. The van der Waals surface area contributed by atoms with Crippen molar-refractivity contribution in [2.24, 2.45) is 0 Å². The Labute approximate surface area is 158 Å². The molecule has 138 valence electrons. The maximum absolute atomic E-state index is 12.0. The van der Waals surface area contributed by atoms with E-state index < -0.39 is 0 Å². The summed E-state index contributed by atoms with van der Waals surface area (Å²) in [6.45, 7) is 1.87. The number of amides is 3. The standard InChI is InChI=1S/C21H21N3O3/c1-3-16-8-6-9-17(13-16)24-20(26)14-23-19(25)11-12-22-21(27)18-10-5-4-7-15(18)2/h1,4-10,13H,11-12,14H2,2H3,(H,22,27)(H,23,25)(H,24,26). The molecule has 2 aromatic carbocycles. The highest BCUT2D eigenvalue weighted by atomic mass is 16.2. The smallest absolute Gasteiger partial charge is 0.251 e. The Morgan fingerprint density at radius 3 is 2.52 bits per heavy atom. The molecule has 0 aromatic heterocycles. The minimum absolute atomic E-state index is 0.0808. The molecule has 27 heavy (non-hydrogen) atoms. The first-order valence-corrected chi connectivity index (χ1v) is 8.46. The monoisotopic (exact) mass is 363 g/mol. The normalized spacial score (nSPS) is 9.78. The maximum atomic E-state index is 12.0. The van der Waals surface area contributed by atoms with Gasteiger partial charge in [-0.3, -0.25) is 14.4 Å². The third-order valence-corrected chi connectivity index (χ3v) is 3.79. The summed E-state index contributed by atoms with van der Waals surface area (Å²) in [6.07, 6.45) is 5.39. The molecule has 3 N–H and O–H groups in total. The average molecular weight is 363 g/mol. The van der Waals surface area contributed by atoms with Gasteiger partial charge in [-0.2, -0.15) is 0 Å². The van der Waals surface area contributed by atoms with Crippen LogP contribution in [0.25, 0.3) is 0 Å². The van der Waals surface area contributed by atoms with Crippen molar-refractivity contribution in [1.82, 2.24) is 10.6 Å². The number of carbonyl (C=O) groups excluding carboxylic acids is 3. The Balaban J connectivity index is 1.70. The summed E-state index contributed by atoms with van der Waals surface area (Å²) in [7, 11) is 0. The van der Waals surface area contributed by atoms with Crippen molar-refractivity contribution in [1.29, 1.82) is 0 Å². The summed E-state index contributed by atoms with van der Waals surface area (Å²) in [5.41, 5.74) is 2.66. The molecule has 0 saturated carbocycles. The Morgan fingerprint density at radius 2 is 1.78 bits per heavy atom. The van der Waals surface area contributed by atoms with Gasteiger partial charge in [-0.25, -0.2) is 0 Å². The highest BCUT2D eigenvalue weighted by Gasteiger charge is 2.10. The minimum Gasteiger partial charge on any atom is -0.352 e. The second-order valence-electron chi connectivity index (χ2n) is 5.87. The molecule has 3 amide bonds. The molecule has 0 aliphatic carbocycles. The lowest BCUT2D eigenvalue weighted by atomic mass is 10.1. The molecule has 6 nitrogen and oxygen atoms in total. The maximum Gasteiger partial charge on any atom is 0.251 e. The van der Waals surface area contributed by atoms with Crippen LogP contribution in [-0.4, -0.2) is 30.8 Å². The van der Waals surface area contributed by atoms with Crippen LogP contribution < -0.4 is 16.0 Å². The van der Waals surface area contributed by atoms with Crippen molar-refractivity contribution in [2.75, 3.05) is 18.4 Å². The molecule has 0 heterocycles. The van der Waals surface area contributed by atoms with Crippen LogP contribution >= 0.6 is 0 Å². The summed E-state index contributed by atoms with van der Waals surface area (Å²) in [5.74, 6) is 1.57. The molecule has 0 unspecified atom stereocenters. The van der Waals surface area contributed by atoms with Crippen molar-refractivity contribution in [2.45, 2.75) is 13.3 Å². The van der Waals surface area contributed by atoms with Crippen LogP contribution in [-0.2, 0) is 9.59 Å². The van der Waals surface area contributed by atoms with E-state index in [0.29, 0.717) is 16.8 Å². The molecule has 0 saturated heterocycles. The summed E-state index contributed by atoms with van der Waals surface area (Å²) < 4.78 is 0. The van der Waals surface area contributed by atoms with E-state index in [0.717, 1.165) is 5.56 Å². The average Bonchev–Trinajstić information content (AvgIpc) is 2.66. The lowest BCUT2D eigenvalue weighted by Crippen LogP contribution is -2.35. The molecule has 6 heteroatoms. The van der Waals surface area contributed by atoms with Gasteiger partial charge in [0.25, 0.3) is 5.91 Å². The molecular weight excluding hydrogens is 342 g/mol. The number of rotatable bonds is 7. The van der Waals surface area contributed by atoms with Gasteiger partial charge < -0.3 is 16.0 Å². The van der Waals surface area contributed by atoms with Gasteiger partial charge in [0.05, 0.1) is 6.54 Å². The van der Waals surface area contributed by atoms with E-state index in [2.05, 4.69) is 21.9 Å². The summed E-state index contributed by atoms with van der Waals surface area (Å²) in [6, 6.07) is 14.1. The SMILES string of the molecule is C#Cc1cccc(NC(=O)CNC(=O)CCNC(=O)c2ccccc2C)c1. The highest BCUT2D eigenvalue weighted by molar-refractivity contribution is 5.96. The number of nitrogens with one attached hydrogen (secondary N) is 3. The van der Waals surface area contributed by atoms with Gasteiger partial charge in [0.15, 0.2) is 0 Å². The number of anilines is 1. The largest absolute Gasteiger partial charge is 0.352 e. The Hall–Kier alpha value is -3.59. The quantitative estimate of drug-likeness (QED) is 0.656.